The molecule has 0 saturated heterocycles. The van der Waals surface area contributed by atoms with Gasteiger partial charge in [0.1, 0.15) is 0 Å². The molecular weight excluding hydrogens is 281 g/mol. The fourth-order valence-corrected chi connectivity index (χ4v) is 21.5. The van der Waals surface area contributed by atoms with Crippen LogP contribution in [0.2, 0.25) is 3.43 Å². The molecule has 0 radical (unpaired) electrons. The Morgan fingerprint density at radius 2 is 0.857 bits per heavy atom. The second kappa shape index (κ2) is 4.68. The molecule has 0 aliphatic rings. The van der Waals surface area contributed by atoms with Gasteiger partial charge in [0.05, 0.1) is 0 Å². The van der Waals surface area contributed by atoms with E-state index in [-0.39, 0.29) is 0 Å². The summed E-state index contributed by atoms with van der Waals surface area (Å²) in [6, 6.07) is 0. The summed E-state index contributed by atoms with van der Waals surface area (Å²) in [4.78, 5) is 0. The van der Waals surface area contributed by atoms with E-state index < -0.39 is 19.2 Å². The summed E-state index contributed by atoms with van der Waals surface area (Å²) < 4.78 is 7.81. The van der Waals surface area contributed by atoms with Gasteiger partial charge in [-0.1, -0.05) is 0 Å². The van der Waals surface area contributed by atoms with E-state index in [9.17, 15) is 0 Å². The third kappa shape index (κ3) is 2.26. The number of nitrogens with zero attached hydrogens (tertiary/aromatic N) is 3. The predicted molar refractivity (Wildman–Crippen MR) is 66.5 cm³/mol. The van der Waals surface area contributed by atoms with Gasteiger partial charge in [0.2, 0.25) is 0 Å². The van der Waals surface area contributed by atoms with Crippen molar-refractivity contribution in [3.63, 3.8) is 0 Å². The van der Waals surface area contributed by atoms with Crippen LogP contribution in [0.1, 0.15) is 20.8 Å². The SMILES string of the molecule is C[N](C)[Sn]([N](C)C)([N](C)C)[C](C)(C)C. The monoisotopic (exact) mass is 309 g/mol. The zero-order valence-corrected chi connectivity index (χ0v) is 14.2. The van der Waals surface area contributed by atoms with Gasteiger partial charge in [-0.3, -0.25) is 0 Å². The van der Waals surface area contributed by atoms with Crippen LogP contribution in [0.3, 0.4) is 0 Å². The Balaban J connectivity index is 5.40. The van der Waals surface area contributed by atoms with E-state index in [1.807, 2.05) is 0 Å². The normalized spacial score (nSPS) is 14.6. The average molecular weight is 308 g/mol. The van der Waals surface area contributed by atoms with E-state index in [4.69, 9.17) is 0 Å². The fourth-order valence-electron chi connectivity index (χ4n) is 3.21. The first-order chi connectivity index (χ1) is 6.08. The maximum absolute atomic E-state index is 2.58. The molecule has 0 fully saturated rings. The first kappa shape index (κ1) is 14.7. The predicted octanol–water partition coefficient (Wildman–Crippen LogP) is 1.41. The van der Waals surface area contributed by atoms with Crippen LogP contribution >= 0.6 is 0 Å². The molecule has 0 unspecified atom stereocenters. The summed E-state index contributed by atoms with van der Waals surface area (Å²) in [6.07, 6.45) is 0. The molecule has 0 aliphatic heterocycles. The minimum absolute atomic E-state index is 0.366. The third-order valence-electron chi connectivity index (χ3n) is 2.88. The molecule has 0 spiro atoms. The van der Waals surface area contributed by atoms with E-state index in [0.717, 1.165) is 0 Å². The zero-order valence-electron chi connectivity index (χ0n) is 11.3. The van der Waals surface area contributed by atoms with Crippen molar-refractivity contribution in [1.82, 2.24) is 9.36 Å². The van der Waals surface area contributed by atoms with E-state index in [0.29, 0.717) is 3.43 Å². The Morgan fingerprint density at radius 1 is 0.643 bits per heavy atom. The topological polar surface area (TPSA) is 9.72 Å². The summed E-state index contributed by atoms with van der Waals surface area (Å²) in [5.41, 5.74) is 0. The minimum atomic E-state index is -2.58. The number of rotatable bonds is 3. The Kier molecular flexibility index (Phi) is 4.91. The van der Waals surface area contributed by atoms with Crippen molar-refractivity contribution in [2.45, 2.75) is 24.2 Å². The van der Waals surface area contributed by atoms with Crippen LogP contribution in [-0.4, -0.2) is 70.8 Å². The second-order valence-corrected chi connectivity index (χ2v) is 21.1. The first-order valence-corrected chi connectivity index (χ1v) is 10.4. The van der Waals surface area contributed by atoms with Crippen molar-refractivity contribution < 1.29 is 0 Å². The van der Waals surface area contributed by atoms with Crippen LogP contribution in [0.15, 0.2) is 0 Å². The summed E-state index contributed by atoms with van der Waals surface area (Å²) in [5.74, 6) is 0. The second-order valence-electron chi connectivity index (χ2n) is 5.57. The molecule has 0 aromatic heterocycles. The average Bonchev–Trinajstić information content (AvgIpc) is 1.79. The third-order valence-corrected chi connectivity index (χ3v) is 19.3. The molecule has 0 amide bonds. The maximum atomic E-state index is 2.48. The molecule has 0 rings (SSSR count). The molecular formula is C10H27N3Sn. The van der Waals surface area contributed by atoms with Gasteiger partial charge in [0.15, 0.2) is 0 Å². The van der Waals surface area contributed by atoms with Crippen molar-refractivity contribution in [1.29, 1.82) is 0 Å². The molecule has 0 atom stereocenters. The molecule has 0 aliphatic carbocycles. The van der Waals surface area contributed by atoms with Gasteiger partial charge in [-0.15, -0.1) is 0 Å². The summed E-state index contributed by atoms with van der Waals surface area (Å²) in [5, 5.41) is 0. The van der Waals surface area contributed by atoms with Crippen LogP contribution in [-0.2, 0) is 0 Å². The van der Waals surface area contributed by atoms with Gasteiger partial charge < -0.3 is 0 Å². The van der Waals surface area contributed by atoms with Gasteiger partial charge in [-0.25, -0.2) is 0 Å². The molecule has 0 saturated carbocycles. The Morgan fingerprint density at radius 3 is 0.857 bits per heavy atom. The molecule has 3 nitrogen and oxygen atoms in total. The van der Waals surface area contributed by atoms with E-state index in [1.54, 1.807) is 0 Å². The van der Waals surface area contributed by atoms with Crippen molar-refractivity contribution in [2.24, 2.45) is 0 Å². The molecule has 0 bridgehead atoms. The van der Waals surface area contributed by atoms with Crippen molar-refractivity contribution in [3.8, 4) is 0 Å². The van der Waals surface area contributed by atoms with E-state index in [2.05, 4.69) is 72.4 Å². The summed E-state index contributed by atoms with van der Waals surface area (Å²) in [7, 11) is 13.3. The van der Waals surface area contributed by atoms with Gasteiger partial charge in [-0.05, 0) is 0 Å². The van der Waals surface area contributed by atoms with E-state index >= 15 is 0 Å². The quantitative estimate of drug-likeness (QED) is 0.730. The zero-order chi connectivity index (χ0) is 11.7. The Hall–Kier alpha value is 0.679. The summed E-state index contributed by atoms with van der Waals surface area (Å²) >= 11 is -2.58. The standard InChI is InChI=1S/C4H9.3C2H6N.Sn/c1-4(2)3;3*1-3-2;/h1-3H3;3*1-2H3;/q;3*-1;+3. The van der Waals surface area contributed by atoms with Crippen LogP contribution in [0.5, 0.6) is 0 Å². The van der Waals surface area contributed by atoms with Crippen LogP contribution in [0, 0.1) is 0 Å². The van der Waals surface area contributed by atoms with Crippen LogP contribution in [0.4, 0.5) is 0 Å². The summed E-state index contributed by atoms with van der Waals surface area (Å²) in [6.45, 7) is 7.09. The molecule has 4 heteroatoms. The Bertz CT molecular complexity index is 161. The number of hydrogen-bond acceptors (Lipinski definition) is 3. The van der Waals surface area contributed by atoms with Gasteiger partial charge in [-0.2, -0.15) is 0 Å². The van der Waals surface area contributed by atoms with Crippen molar-refractivity contribution in [3.05, 3.63) is 0 Å². The van der Waals surface area contributed by atoms with E-state index in [1.165, 1.54) is 0 Å². The van der Waals surface area contributed by atoms with Crippen LogP contribution in [0.25, 0.3) is 0 Å². The first-order valence-electron chi connectivity index (χ1n) is 5.10. The molecule has 0 aromatic carbocycles. The molecule has 86 valence electrons. The molecule has 0 aromatic rings. The van der Waals surface area contributed by atoms with Crippen molar-refractivity contribution in [2.75, 3.05) is 42.3 Å². The van der Waals surface area contributed by atoms with Crippen molar-refractivity contribution >= 4 is 19.2 Å². The van der Waals surface area contributed by atoms with Crippen LogP contribution < -0.4 is 0 Å². The fraction of sp³-hybridized carbons (Fsp3) is 1.00. The van der Waals surface area contributed by atoms with Gasteiger partial charge in [0, 0.05) is 0 Å². The van der Waals surface area contributed by atoms with Gasteiger partial charge in [0.25, 0.3) is 0 Å². The molecule has 0 heterocycles. The Labute approximate surface area is 95.0 Å². The molecule has 14 heavy (non-hydrogen) atoms. The molecule has 0 N–H and O–H groups in total. The number of hydrogen-bond donors (Lipinski definition) is 0. The van der Waals surface area contributed by atoms with Gasteiger partial charge >= 0.3 is 95.0 Å².